The molecule has 4 rings (SSSR count). The molecule has 0 atom stereocenters. The van der Waals surface area contributed by atoms with Gasteiger partial charge in [0.2, 0.25) is 0 Å². The Bertz CT molecular complexity index is 1280. The number of fused-ring (bicyclic) bond motifs is 1. The third-order valence-corrected chi connectivity index (χ3v) is 6.38. The molecule has 0 aliphatic heterocycles. The number of amides is 1. The first-order chi connectivity index (χ1) is 16.5. The summed E-state index contributed by atoms with van der Waals surface area (Å²) in [5, 5.41) is 5.14. The number of thiazole rings is 1. The smallest absolute Gasteiger partial charge is 0.255 e. The minimum atomic E-state index is -0.241. The van der Waals surface area contributed by atoms with Gasteiger partial charge in [0.1, 0.15) is 0 Å². The van der Waals surface area contributed by atoms with Crippen molar-refractivity contribution < 1.29 is 19.0 Å². The standard InChI is InChI=1S/C25H28N4O4S/c1-28(11-12-31-2)14-18-16-34-25-27-21(15-29(18)25)19-7-5-6-8-20(19)26-24(30)17-9-10-22(32-3)23(13-17)33-4/h5-10,13,15-16H,11-12,14H2,1-4H3,(H,26,30). The summed E-state index contributed by atoms with van der Waals surface area (Å²) in [5.74, 6) is 0.830. The van der Waals surface area contributed by atoms with Gasteiger partial charge in [-0.3, -0.25) is 14.1 Å². The van der Waals surface area contributed by atoms with Crippen LogP contribution in [0.1, 0.15) is 16.1 Å². The summed E-state index contributed by atoms with van der Waals surface area (Å²) in [7, 11) is 6.88. The number of rotatable bonds is 10. The van der Waals surface area contributed by atoms with E-state index in [4.69, 9.17) is 19.2 Å². The van der Waals surface area contributed by atoms with Crippen LogP contribution in [0.5, 0.6) is 11.5 Å². The van der Waals surface area contributed by atoms with Gasteiger partial charge in [0, 0.05) is 48.6 Å². The van der Waals surface area contributed by atoms with Gasteiger partial charge in [0.15, 0.2) is 16.5 Å². The largest absolute Gasteiger partial charge is 0.493 e. The second-order valence-corrected chi connectivity index (χ2v) is 8.64. The number of para-hydroxylation sites is 1. The van der Waals surface area contributed by atoms with Crippen molar-refractivity contribution in [2.75, 3.05) is 46.8 Å². The van der Waals surface area contributed by atoms with E-state index in [2.05, 4.69) is 27.0 Å². The van der Waals surface area contributed by atoms with Crippen LogP contribution in [-0.4, -0.2) is 61.7 Å². The number of nitrogens with zero attached hydrogens (tertiary/aromatic N) is 3. The third kappa shape index (κ3) is 5.06. The number of carbonyl (C=O) groups excluding carboxylic acids is 1. The molecule has 178 valence electrons. The maximum atomic E-state index is 13.0. The highest BCUT2D eigenvalue weighted by atomic mass is 32.1. The molecule has 1 N–H and O–H groups in total. The summed E-state index contributed by atoms with van der Waals surface area (Å²) in [5.41, 5.74) is 3.97. The number of benzene rings is 2. The lowest BCUT2D eigenvalue weighted by Crippen LogP contribution is -2.22. The monoisotopic (exact) mass is 480 g/mol. The van der Waals surface area contributed by atoms with Gasteiger partial charge in [-0.1, -0.05) is 18.2 Å². The molecule has 4 aromatic rings. The minimum Gasteiger partial charge on any atom is -0.493 e. The number of hydrogen-bond acceptors (Lipinski definition) is 7. The highest BCUT2D eigenvalue weighted by molar-refractivity contribution is 7.15. The maximum absolute atomic E-state index is 13.0. The van der Waals surface area contributed by atoms with Crippen LogP contribution in [-0.2, 0) is 11.3 Å². The lowest BCUT2D eigenvalue weighted by atomic mass is 10.1. The van der Waals surface area contributed by atoms with E-state index in [0.29, 0.717) is 29.4 Å². The van der Waals surface area contributed by atoms with E-state index >= 15 is 0 Å². The van der Waals surface area contributed by atoms with Gasteiger partial charge in [-0.2, -0.15) is 0 Å². The first kappa shape index (κ1) is 23.7. The third-order valence-electron chi connectivity index (χ3n) is 5.49. The average Bonchev–Trinajstić information content (AvgIpc) is 3.44. The SMILES string of the molecule is COCCN(C)Cc1csc2nc(-c3ccccc3NC(=O)c3ccc(OC)c(OC)c3)cn12. The molecule has 2 aromatic carbocycles. The van der Waals surface area contributed by atoms with E-state index in [-0.39, 0.29) is 5.91 Å². The molecule has 2 aromatic heterocycles. The van der Waals surface area contributed by atoms with Gasteiger partial charge in [0.05, 0.1) is 32.2 Å². The van der Waals surface area contributed by atoms with Crippen molar-refractivity contribution in [2.45, 2.75) is 6.54 Å². The summed E-state index contributed by atoms with van der Waals surface area (Å²) in [6.45, 7) is 2.32. The molecule has 1 amide bonds. The fraction of sp³-hybridized carbons (Fsp3) is 0.280. The van der Waals surface area contributed by atoms with Gasteiger partial charge >= 0.3 is 0 Å². The lowest BCUT2D eigenvalue weighted by molar-refractivity contribution is 0.102. The lowest BCUT2D eigenvalue weighted by Gasteiger charge is -2.15. The summed E-state index contributed by atoms with van der Waals surface area (Å²) < 4.78 is 17.9. The second kappa shape index (κ2) is 10.7. The summed E-state index contributed by atoms with van der Waals surface area (Å²) in [4.78, 5) is 20.9. The van der Waals surface area contributed by atoms with Crippen molar-refractivity contribution in [2.24, 2.45) is 0 Å². The highest BCUT2D eigenvalue weighted by Crippen LogP contribution is 2.31. The van der Waals surface area contributed by atoms with Crippen molar-refractivity contribution >= 4 is 27.9 Å². The van der Waals surface area contributed by atoms with Gasteiger partial charge < -0.3 is 19.5 Å². The number of ether oxygens (including phenoxy) is 3. The molecular weight excluding hydrogens is 452 g/mol. The van der Waals surface area contributed by atoms with Crippen LogP contribution in [0.25, 0.3) is 16.2 Å². The number of nitrogens with one attached hydrogen (secondary N) is 1. The molecule has 0 saturated carbocycles. The van der Waals surface area contributed by atoms with E-state index in [9.17, 15) is 4.79 Å². The average molecular weight is 481 g/mol. The zero-order chi connectivity index (χ0) is 24.1. The Morgan fingerprint density at radius 2 is 1.91 bits per heavy atom. The van der Waals surface area contributed by atoms with Crippen LogP contribution >= 0.6 is 11.3 Å². The van der Waals surface area contributed by atoms with Crippen molar-refractivity contribution in [3.8, 4) is 22.8 Å². The fourth-order valence-electron chi connectivity index (χ4n) is 3.66. The predicted molar refractivity (Wildman–Crippen MR) is 134 cm³/mol. The first-order valence-electron chi connectivity index (χ1n) is 10.8. The van der Waals surface area contributed by atoms with E-state index in [1.54, 1.807) is 50.9 Å². The van der Waals surface area contributed by atoms with Gasteiger partial charge in [-0.15, -0.1) is 11.3 Å². The summed E-state index contributed by atoms with van der Waals surface area (Å²) >= 11 is 1.60. The Labute approximate surface area is 202 Å². The molecule has 0 aliphatic rings. The zero-order valence-electron chi connectivity index (χ0n) is 19.7. The Kier molecular flexibility index (Phi) is 7.46. The molecule has 0 spiro atoms. The van der Waals surface area contributed by atoms with Crippen molar-refractivity contribution in [3.63, 3.8) is 0 Å². The normalized spacial score (nSPS) is 11.2. The Morgan fingerprint density at radius 1 is 1.12 bits per heavy atom. The van der Waals surface area contributed by atoms with E-state index in [1.807, 2.05) is 30.5 Å². The number of aromatic nitrogens is 2. The molecule has 0 bridgehead atoms. The van der Waals surface area contributed by atoms with Gasteiger partial charge in [-0.05, 0) is 31.3 Å². The van der Waals surface area contributed by atoms with Crippen LogP contribution in [0.4, 0.5) is 5.69 Å². The maximum Gasteiger partial charge on any atom is 0.255 e. The number of imidazole rings is 1. The van der Waals surface area contributed by atoms with Crippen LogP contribution < -0.4 is 14.8 Å². The van der Waals surface area contributed by atoms with Gasteiger partial charge in [-0.25, -0.2) is 4.98 Å². The Balaban J connectivity index is 1.58. The highest BCUT2D eigenvalue weighted by Gasteiger charge is 2.16. The van der Waals surface area contributed by atoms with Crippen LogP contribution in [0.2, 0.25) is 0 Å². The first-order valence-corrected chi connectivity index (χ1v) is 11.7. The molecule has 2 heterocycles. The summed E-state index contributed by atoms with van der Waals surface area (Å²) in [6.07, 6.45) is 2.02. The molecular formula is C25H28N4O4S. The molecule has 34 heavy (non-hydrogen) atoms. The van der Waals surface area contributed by atoms with E-state index < -0.39 is 0 Å². The van der Waals surface area contributed by atoms with Crippen LogP contribution in [0.15, 0.2) is 54.0 Å². The predicted octanol–water partition coefficient (Wildman–Crippen LogP) is 4.41. The number of methoxy groups -OCH3 is 3. The van der Waals surface area contributed by atoms with Crippen molar-refractivity contribution in [1.82, 2.24) is 14.3 Å². The topological polar surface area (TPSA) is 77.3 Å². The summed E-state index contributed by atoms with van der Waals surface area (Å²) in [6, 6.07) is 12.8. The Morgan fingerprint density at radius 3 is 2.68 bits per heavy atom. The number of likely N-dealkylation sites (N-methyl/N-ethyl adjacent to an activating group) is 1. The van der Waals surface area contributed by atoms with E-state index in [1.165, 1.54) is 0 Å². The number of hydrogen-bond donors (Lipinski definition) is 1. The molecule has 8 nitrogen and oxygen atoms in total. The molecule has 0 aliphatic carbocycles. The molecule has 0 unspecified atom stereocenters. The van der Waals surface area contributed by atoms with Crippen LogP contribution in [0.3, 0.4) is 0 Å². The van der Waals surface area contributed by atoms with Crippen molar-refractivity contribution in [1.29, 1.82) is 0 Å². The number of anilines is 1. The van der Waals surface area contributed by atoms with Gasteiger partial charge in [0.25, 0.3) is 5.91 Å². The van der Waals surface area contributed by atoms with Crippen LogP contribution in [0, 0.1) is 0 Å². The molecule has 0 radical (unpaired) electrons. The second-order valence-electron chi connectivity index (χ2n) is 7.81. The molecule has 9 heteroatoms. The fourth-order valence-corrected chi connectivity index (χ4v) is 4.53. The van der Waals surface area contributed by atoms with E-state index in [0.717, 1.165) is 35.0 Å². The quantitative estimate of drug-likeness (QED) is 0.362. The Hall–Kier alpha value is -3.40. The number of carbonyl (C=O) groups is 1. The van der Waals surface area contributed by atoms with Crippen molar-refractivity contribution in [3.05, 3.63) is 65.3 Å². The zero-order valence-corrected chi connectivity index (χ0v) is 20.5. The molecule has 0 saturated heterocycles. The molecule has 0 fully saturated rings. The minimum absolute atomic E-state index is 0.241.